The van der Waals surface area contributed by atoms with Gasteiger partial charge in [0.1, 0.15) is 0 Å². The standard InChI is InChI=1S/C23H16Cl2N2O4/c1-31-23(30)18-11-14(24)2-6-20(18)26-15-3-7-21-13(10-15)8-9-27(21)16-4-5-19(25)17(12-16)22(28)29/h2-12,26H,1H3,(H,28,29). The molecule has 0 saturated carbocycles. The zero-order valence-electron chi connectivity index (χ0n) is 16.2. The second kappa shape index (κ2) is 8.34. The van der Waals surface area contributed by atoms with Gasteiger partial charge >= 0.3 is 11.9 Å². The van der Waals surface area contributed by atoms with Crippen molar-refractivity contribution in [3.05, 3.63) is 88.0 Å². The van der Waals surface area contributed by atoms with Crippen LogP contribution < -0.4 is 5.32 Å². The Bertz CT molecular complexity index is 1330. The molecule has 0 spiro atoms. The molecule has 2 N–H and O–H groups in total. The number of methoxy groups -OCH3 is 1. The van der Waals surface area contributed by atoms with E-state index in [2.05, 4.69) is 5.32 Å². The van der Waals surface area contributed by atoms with Crippen LogP contribution in [0.4, 0.5) is 11.4 Å². The molecular formula is C23H16Cl2N2O4. The first kappa shape index (κ1) is 20.8. The van der Waals surface area contributed by atoms with Gasteiger partial charge in [-0.2, -0.15) is 0 Å². The summed E-state index contributed by atoms with van der Waals surface area (Å²) in [6.45, 7) is 0. The molecule has 0 radical (unpaired) electrons. The highest BCUT2D eigenvalue weighted by molar-refractivity contribution is 6.33. The van der Waals surface area contributed by atoms with Gasteiger partial charge in [0.2, 0.25) is 0 Å². The normalized spacial score (nSPS) is 10.8. The van der Waals surface area contributed by atoms with Crippen LogP contribution in [0, 0.1) is 0 Å². The van der Waals surface area contributed by atoms with E-state index >= 15 is 0 Å². The molecule has 0 atom stereocenters. The Morgan fingerprint density at radius 2 is 1.77 bits per heavy atom. The number of rotatable bonds is 5. The Balaban J connectivity index is 1.70. The van der Waals surface area contributed by atoms with E-state index in [1.807, 2.05) is 35.0 Å². The van der Waals surface area contributed by atoms with Crippen molar-refractivity contribution in [2.24, 2.45) is 0 Å². The summed E-state index contributed by atoms with van der Waals surface area (Å²) in [5.41, 5.74) is 3.27. The maximum Gasteiger partial charge on any atom is 0.340 e. The Morgan fingerprint density at radius 3 is 2.52 bits per heavy atom. The summed E-state index contributed by atoms with van der Waals surface area (Å²) in [7, 11) is 1.31. The number of carboxylic acid groups (broad SMARTS) is 1. The highest BCUT2D eigenvalue weighted by Gasteiger charge is 2.14. The lowest BCUT2D eigenvalue weighted by atomic mass is 10.1. The topological polar surface area (TPSA) is 80.6 Å². The lowest BCUT2D eigenvalue weighted by Crippen LogP contribution is -2.05. The van der Waals surface area contributed by atoms with Gasteiger partial charge in [0.15, 0.2) is 0 Å². The summed E-state index contributed by atoms with van der Waals surface area (Å²) in [6, 6.07) is 17.4. The molecule has 0 amide bonds. The van der Waals surface area contributed by atoms with Crippen molar-refractivity contribution in [2.75, 3.05) is 12.4 Å². The number of nitrogens with one attached hydrogen (secondary N) is 1. The first-order valence-electron chi connectivity index (χ1n) is 9.16. The molecule has 0 aliphatic carbocycles. The summed E-state index contributed by atoms with van der Waals surface area (Å²) in [5, 5.41) is 14.1. The van der Waals surface area contributed by atoms with Crippen molar-refractivity contribution in [1.82, 2.24) is 4.57 Å². The maximum absolute atomic E-state index is 12.1. The molecule has 0 aliphatic rings. The number of nitrogens with zero attached hydrogens (tertiary/aromatic N) is 1. The van der Waals surface area contributed by atoms with Crippen molar-refractivity contribution < 1.29 is 19.4 Å². The van der Waals surface area contributed by atoms with Gasteiger partial charge in [0.25, 0.3) is 0 Å². The van der Waals surface area contributed by atoms with E-state index in [0.717, 1.165) is 16.6 Å². The zero-order valence-corrected chi connectivity index (χ0v) is 17.7. The number of hydrogen-bond donors (Lipinski definition) is 2. The number of aromatic carboxylic acids is 1. The molecule has 31 heavy (non-hydrogen) atoms. The molecule has 3 aromatic carbocycles. The first-order valence-corrected chi connectivity index (χ1v) is 9.92. The zero-order chi connectivity index (χ0) is 22.1. The monoisotopic (exact) mass is 454 g/mol. The van der Waals surface area contributed by atoms with Crippen molar-refractivity contribution >= 4 is 57.4 Å². The second-order valence-electron chi connectivity index (χ2n) is 6.74. The largest absolute Gasteiger partial charge is 0.478 e. The fourth-order valence-corrected chi connectivity index (χ4v) is 3.70. The highest BCUT2D eigenvalue weighted by Crippen LogP contribution is 2.29. The van der Waals surface area contributed by atoms with Gasteiger partial charge < -0.3 is 19.7 Å². The van der Waals surface area contributed by atoms with Crippen LogP contribution in [0.3, 0.4) is 0 Å². The number of aromatic nitrogens is 1. The van der Waals surface area contributed by atoms with E-state index in [1.54, 1.807) is 30.3 Å². The van der Waals surface area contributed by atoms with Crippen LogP contribution in [0.2, 0.25) is 10.0 Å². The van der Waals surface area contributed by atoms with Gasteiger partial charge in [-0.25, -0.2) is 9.59 Å². The summed E-state index contributed by atoms with van der Waals surface area (Å²) in [4.78, 5) is 23.5. The third kappa shape index (κ3) is 4.08. The number of carboxylic acids is 1. The van der Waals surface area contributed by atoms with Crippen LogP contribution in [-0.2, 0) is 4.74 Å². The minimum atomic E-state index is -1.08. The number of esters is 1. The van der Waals surface area contributed by atoms with Crippen molar-refractivity contribution in [3.63, 3.8) is 0 Å². The number of ether oxygens (including phenoxy) is 1. The Labute approximate surface area is 187 Å². The number of halogens is 2. The minimum Gasteiger partial charge on any atom is -0.478 e. The molecular weight excluding hydrogens is 439 g/mol. The molecule has 0 fully saturated rings. The van der Waals surface area contributed by atoms with Crippen molar-refractivity contribution in [2.45, 2.75) is 0 Å². The second-order valence-corrected chi connectivity index (χ2v) is 7.58. The smallest absolute Gasteiger partial charge is 0.340 e. The maximum atomic E-state index is 12.1. The van der Waals surface area contributed by atoms with Crippen LogP contribution in [0.15, 0.2) is 66.9 Å². The van der Waals surface area contributed by atoms with Gasteiger partial charge in [0, 0.05) is 28.0 Å². The summed E-state index contributed by atoms with van der Waals surface area (Å²) in [6.07, 6.45) is 1.85. The first-order chi connectivity index (χ1) is 14.9. The van der Waals surface area contributed by atoms with Crippen molar-refractivity contribution in [3.8, 4) is 5.69 Å². The molecule has 156 valence electrons. The Hall–Kier alpha value is -3.48. The van der Waals surface area contributed by atoms with Gasteiger partial charge in [-0.3, -0.25) is 0 Å². The number of carbonyl (C=O) groups is 2. The molecule has 4 rings (SSSR count). The van der Waals surface area contributed by atoms with Crippen molar-refractivity contribution in [1.29, 1.82) is 0 Å². The van der Waals surface area contributed by atoms with Crippen LogP contribution in [-0.4, -0.2) is 28.7 Å². The highest BCUT2D eigenvalue weighted by atomic mass is 35.5. The number of carbonyl (C=O) groups excluding carboxylic acids is 1. The van der Waals surface area contributed by atoms with Crippen LogP contribution in [0.25, 0.3) is 16.6 Å². The number of anilines is 2. The molecule has 0 aliphatic heterocycles. The molecule has 0 unspecified atom stereocenters. The van der Waals surface area contributed by atoms with Gasteiger partial charge in [-0.15, -0.1) is 0 Å². The average Bonchev–Trinajstić information content (AvgIpc) is 3.18. The third-order valence-corrected chi connectivity index (χ3v) is 5.38. The number of benzene rings is 3. The summed E-state index contributed by atoms with van der Waals surface area (Å²) >= 11 is 12.0. The Morgan fingerprint density at radius 1 is 0.968 bits per heavy atom. The quantitative estimate of drug-likeness (QED) is 0.352. The SMILES string of the molecule is COC(=O)c1cc(Cl)ccc1Nc1ccc2c(ccn2-c2ccc(Cl)c(C(=O)O)c2)c1. The van der Waals surface area contributed by atoms with Crippen LogP contribution in [0.5, 0.6) is 0 Å². The van der Waals surface area contributed by atoms with Crippen LogP contribution in [0.1, 0.15) is 20.7 Å². The number of hydrogen-bond acceptors (Lipinski definition) is 4. The Kier molecular flexibility index (Phi) is 5.59. The average molecular weight is 455 g/mol. The lowest BCUT2D eigenvalue weighted by molar-refractivity contribution is 0.0601. The molecule has 6 nitrogen and oxygen atoms in total. The van der Waals surface area contributed by atoms with E-state index in [9.17, 15) is 14.7 Å². The van der Waals surface area contributed by atoms with Gasteiger partial charge in [-0.1, -0.05) is 23.2 Å². The summed E-state index contributed by atoms with van der Waals surface area (Å²) in [5.74, 6) is -1.58. The van der Waals surface area contributed by atoms with Gasteiger partial charge in [-0.05, 0) is 60.7 Å². The van der Waals surface area contributed by atoms with E-state index in [4.69, 9.17) is 27.9 Å². The predicted octanol–water partition coefficient (Wildman–Crippen LogP) is 6.17. The van der Waals surface area contributed by atoms with Gasteiger partial charge in [0.05, 0.1) is 34.5 Å². The van der Waals surface area contributed by atoms with E-state index in [0.29, 0.717) is 22.0 Å². The fraction of sp³-hybridized carbons (Fsp3) is 0.0435. The number of fused-ring (bicyclic) bond motifs is 1. The van der Waals surface area contributed by atoms with E-state index in [-0.39, 0.29) is 10.6 Å². The molecule has 0 saturated heterocycles. The summed E-state index contributed by atoms with van der Waals surface area (Å²) < 4.78 is 6.71. The fourth-order valence-electron chi connectivity index (χ4n) is 3.33. The molecule has 1 heterocycles. The third-order valence-electron chi connectivity index (χ3n) is 4.81. The lowest BCUT2D eigenvalue weighted by Gasteiger charge is -2.12. The molecule has 0 bridgehead atoms. The molecule has 1 aromatic heterocycles. The predicted molar refractivity (Wildman–Crippen MR) is 121 cm³/mol. The van der Waals surface area contributed by atoms with Crippen LogP contribution >= 0.6 is 23.2 Å². The minimum absolute atomic E-state index is 0.0392. The molecule has 4 aromatic rings. The van der Waals surface area contributed by atoms with E-state index in [1.165, 1.54) is 13.2 Å². The molecule has 8 heteroatoms. The van der Waals surface area contributed by atoms with E-state index < -0.39 is 11.9 Å².